The van der Waals surface area contributed by atoms with Crippen molar-refractivity contribution in [2.75, 3.05) is 0 Å². The number of alkyl halides is 2. The highest BCUT2D eigenvalue weighted by Crippen LogP contribution is 2.24. The van der Waals surface area contributed by atoms with Crippen LogP contribution in [0, 0.1) is 0 Å². The number of rotatable bonds is 7. The molecule has 0 bridgehead atoms. The minimum absolute atomic E-state index is 0.00848. The van der Waals surface area contributed by atoms with Crippen molar-refractivity contribution in [2.45, 2.75) is 26.6 Å². The summed E-state index contributed by atoms with van der Waals surface area (Å²) >= 11 is 3.26. The number of benzene rings is 2. The monoisotopic (exact) mass is 426 g/mol. The molecule has 2 amide bonds. The van der Waals surface area contributed by atoms with Gasteiger partial charge in [0.1, 0.15) is 5.75 Å². The standard InChI is InChI=1S/C18H17BrF2N2O3/c1-11(24)22-9-12-2-4-13(5-3-12)17(25)23-10-14-8-15(19)6-7-16(14)26-18(20)21/h2-8,18H,9-10H2,1H3,(H,22,24)(H,23,25). The molecule has 8 heteroatoms. The van der Waals surface area contributed by atoms with Crippen LogP contribution in [0.3, 0.4) is 0 Å². The quantitative estimate of drug-likeness (QED) is 0.710. The summed E-state index contributed by atoms with van der Waals surface area (Å²) in [5.74, 6) is -0.476. The van der Waals surface area contributed by atoms with Crippen LogP contribution in [0.1, 0.15) is 28.4 Å². The predicted octanol–water partition coefficient (Wildman–Crippen LogP) is 3.62. The van der Waals surface area contributed by atoms with Crippen molar-refractivity contribution in [1.29, 1.82) is 0 Å². The van der Waals surface area contributed by atoms with Crippen molar-refractivity contribution >= 4 is 27.7 Å². The van der Waals surface area contributed by atoms with Gasteiger partial charge in [0, 0.05) is 35.6 Å². The Labute approximate surface area is 157 Å². The fraction of sp³-hybridized carbons (Fsp3) is 0.222. The van der Waals surface area contributed by atoms with E-state index in [-0.39, 0.29) is 24.1 Å². The Morgan fingerprint density at radius 2 is 1.77 bits per heavy atom. The van der Waals surface area contributed by atoms with Crippen LogP contribution in [0.5, 0.6) is 5.75 Å². The molecule has 0 aliphatic heterocycles. The Morgan fingerprint density at radius 1 is 1.08 bits per heavy atom. The van der Waals surface area contributed by atoms with Crippen LogP contribution in [0.25, 0.3) is 0 Å². The zero-order chi connectivity index (χ0) is 19.1. The van der Waals surface area contributed by atoms with Crippen molar-refractivity contribution in [3.05, 3.63) is 63.6 Å². The Balaban J connectivity index is 2.00. The lowest BCUT2D eigenvalue weighted by Crippen LogP contribution is -2.23. The minimum Gasteiger partial charge on any atom is -0.434 e. The van der Waals surface area contributed by atoms with Gasteiger partial charge in [0.05, 0.1) is 0 Å². The van der Waals surface area contributed by atoms with Gasteiger partial charge < -0.3 is 15.4 Å². The molecule has 0 aromatic heterocycles. The highest BCUT2D eigenvalue weighted by molar-refractivity contribution is 9.10. The fourth-order valence-corrected chi connectivity index (χ4v) is 2.58. The molecule has 0 saturated heterocycles. The number of carbonyl (C=O) groups is 2. The molecule has 0 radical (unpaired) electrons. The van der Waals surface area contributed by atoms with Crippen molar-refractivity contribution in [1.82, 2.24) is 10.6 Å². The molecule has 26 heavy (non-hydrogen) atoms. The normalized spacial score (nSPS) is 10.5. The molecule has 0 atom stereocenters. The molecule has 138 valence electrons. The third-order valence-corrected chi connectivity index (χ3v) is 3.93. The highest BCUT2D eigenvalue weighted by Gasteiger charge is 2.12. The summed E-state index contributed by atoms with van der Waals surface area (Å²) in [6.45, 7) is -1.10. The predicted molar refractivity (Wildman–Crippen MR) is 95.9 cm³/mol. The minimum atomic E-state index is -2.94. The molecule has 2 aromatic carbocycles. The maximum Gasteiger partial charge on any atom is 0.387 e. The first kappa shape index (κ1) is 19.8. The third-order valence-electron chi connectivity index (χ3n) is 3.44. The van der Waals surface area contributed by atoms with Crippen LogP contribution in [0.4, 0.5) is 8.78 Å². The topological polar surface area (TPSA) is 67.4 Å². The second kappa shape index (κ2) is 9.28. The van der Waals surface area contributed by atoms with Gasteiger partial charge in [-0.3, -0.25) is 9.59 Å². The largest absolute Gasteiger partial charge is 0.434 e. The molecule has 0 saturated carbocycles. The van der Waals surface area contributed by atoms with E-state index in [1.54, 1.807) is 36.4 Å². The van der Waals surface area contributed by atoms with Crippen molar-refractivity contribution in [2.24, 2.45) is 0 Å². The van der Waals surface area contributed by atoms with Gasteiger partial charge in [0.2, 0.25) is 5.91 Å². The molecule has 5 nitrogen and oxygen atoms in total. The van der Waals surface area contributed by atoms with Gasteiger partial charge in [0.25, 0.3) is 5.91 Å². The smallest absolute Gasteiger partial charge is 0.387 e. The third kappa shape index (κ3) is 6.11. The van der Waals surface area contributed by atoms with E-state index in [0.29, 0.717) is 22.1 Å². The molecule has 0 fully saturated rings. The summed E-state index contributed by atoms with van der Waals surface area (Å²) in [6, 6.07) is 11.3. The molecule has 0 aliphatic rings. The molecular weight excluding hydrogens is 410 g/mol. The molecular formula is C18H17BrF2N2O3. The first-order valence-electron chi connectivity index (χ1n) is 7.70. The van der Waals surface area contributed by atoms with Gasteiger partial charge in [-0.05, 0) is 35.9 Å². The maximum atomic E-state index is 12.5. The Hall–Kier alpha value is -2.48. The average molecular weight is 427 g/mol. The van der Waals surface area contributed by atoms with Gasteiger partial charge >= 0.3 is 6.61 Å². The van der Waals surface area contributed by atoms with Gasteiger partial charge in [-0.2, -0.15) is 8.78 Å². The van der Waals surface area contributed by atoms with Crippen LogP contribution < -0.4 is 15.4 Å². The Morgan fingerprint density at radius 3 is 2.38 bits per heavy atom. The van der Waals surface area contributed by atoms with Crippen molar-refractivity contribution in [3.8, 4) is 5.75 Å². The van der Waals surface area contributed by atoms with Crippen LogP contribution >= 0.6 is 15.9 Å². The summed E-state index contributed by atoms with van der Waals surface area (Å²) in [7, 11) is 0. The van der Waals surface area contributed by atoms with E-state index in [0.717, 1.165) is 5.56 Å². The summed E-state index contributed by atoms with van der Waals surface area (Å²) in [6.07, 6.45) is 0. The number of amides is 2. The zero-order valence-corrected chi connectivity index (χ0v) is 15.5. The Kier molecular flexibility index (Phi) is 7.08. The fourth-order valence-electron chi connectivity index (χ4n) is 2.18. The molecule has 2 N–H and O–H groups in total. The highest BCUT2D eigenvalue weighted by atomic mass is 79.9. The van der Waals surface area contributed by atoms with E-state index < -0.39 is 6.61 Å². The summed E-state index contributed by atoms with van der Waals surface area (Å²) in [4.78, 5) is 23.1. The molecule has 0 spiro atoms. The number of halogens is 3. The molecule has 0 unspecified atom stereocenters. The number of hydrogen-bond acceptors (Lipinski definition) is 3. The van der Waals surface area contributed by atoms with Crippen LogP contribution in [0.15, 0.2) is 46.9 Å². The lowest BCUT2D eigenvalue weighted by molar-refractivity contribution is -0.119. The maximum absolute atomic E-state index is 12.5. The van der Waals surface area contributed by atoms with E-state index in [1.807, 2.05) is 0 Å². The zero-order valence-electron chi connectivity index (χ0n) is 13.9. The second-order valence-electron chi connectivity index (χ2n) is 5.42. The molecule has 2 rings (SSSR count). The second-order valence-corrected chi connectivity index (χ2v) is 6.34. The lowest BCUT2D eigenvalue weighted by Gasteiger charge is -2.12. The van der Waals surface area contributed by atoms with Crippen molar-refractivity contribution in [3.63, 3.8) is 0 Å². The SMILES string of the molecule is CC(=O)NCc1ccc(C(=O)NCc2cc(Br)ccc2OC(F)F)cc1. The van der Waals surface area contributed by atoms with E-state index in [9.17, 15) is 18.4 Å². The van der Waals surface area contributed by atoms with E-state index >= 15 is 0 Å². The number of carbonyl (C=O) groups excluding carboxylic acids is 2. The van der Waals surface area contributed by atoms with Gasteiger partial charge in [-0.25, -0.2) is 0 Å². The first-order chi connectivity index (χ1) is 12.3. The molecule has 0 heterocycles. The lowest BCUT2D eigenvalue weighted by atomic mass is 10.1. The van der Waals surface area contributed by atoms with Gasteiger partial charge in [-0.15, -0.1) is 0 Å². The molecule has 2 aromatic rings. The number of nitrogens with one attached hydrogen (secondary N) is 2. The van der Waals surface area contributed by atoms with E-state index in [2.05, 4.69) is 31.3 Å². The van der Waals surface area contributed by atoms with Crippen LogP contribution in [-0.2, 0) is 17.9 Å². The summed E-state index contributed by atoms with van der Waals surface area (Å²) in [5, 5.41) is 5.34. The van der Waals surface area contributed by atoms with Crippen LogP contribution in [-0.4, -0.2) is 18.4 Å². The van der Waals surface area contributed by atoms with Gasteiger partial charge in [-0.1, -0.05) is 28.1 Å². The molecule has 0 aliphatic carbocycles. The van der Waals surface area contributed by atoms with Gasteiger partial charge in [0.15, 0.2) is 0 Å². The van der Waals surface area contributed by atoms with E-state index in [4.69, 9.17) is 0 Å². The average Bonchev–Trinajstić information content (AvgIpc) is 2.60. The number of ether oxygens (including phenoxy) is 1. The van der Waals surface area contributed by atoms with Crippen molar-refractivity contribution < 1.29 is 23.1 Å². The summed E-state index contributed by atoms with van der Waals surface area (Å²) < 4.78 is 30.1. The van der Waals surface area contributed by atoms with Crippen LogP contribution in [0.2, 0.25) is 0 Å². The Bertz CT molecular complexity index is 783. The summed E-state index contributed by atoms with van der Waals surface area (Å²) in [5.41, 5.74) is 1.70. The van der Waals surface area contributed by atoms with E-state index in [1.165, 1.54) is 13.0 Å². The first-order valence-corrected chi connectivity index (χ1v) is 8.49. The number of hydrogen-bond donors (Lipinski definition) is 2.